The largest absolute Gasteiger partial charge is 0.125 e. The second kappa shape index (κ2) is 10.9. The molecule has 80 valence electrons. The Kier molecular flexibility index (Phi) is 10.7. The first-order valence-corrected chi connectivity index (χ1v) is 5.85. The predicted molar refractivity (Wildman–Crippen MR) is 67.1 cm³/mol. The van der Waals surface area contributed by atoms with Crippen molar-refractivity contribution in [1.82, 2.24) is 0 Å². The van der Waals surface area contributed by atoms with Crippen molar-refractivity contribution in [2.45, 2.75) is 37.4 Å². The van der Waals surface area contributed by atoms with Crippen LogP contribution >= 0.6 is 23.2 Å². The number of alkyl halides is 2. The van der Waals surface area contributed by atoms with Crippen molar-refractivity contribution in [2.24, 2.45) is 0 Å². The molecule has 14 heavy (non-hydrogen) atoms. The molecule has 0 aliphatic heterocycles. The fraction of sp³-hybridized carbons (Fsp3) is 0.500. The van der Waals surface area contributed by atoms with E-state index in [1.54, 1.807) is 6.08 Å². The Balaban J connectivity index is 3.27. The maximum atomic E-state index is 5.53. The summed E-state index contributed by atoms with van der Waals surface area (Å²) in [6.45, 7) is 2.04. The minimum absolute atomic E-state index is 0.367. The highest BCUT2D eigenvalue weighted by Gasteiger charge is 1.86. The first kappa shape index (κ1) is 13.8. The second-order valence-electron chi connectivity index (χ2n) is 2.96. The van der Waals surface area contributed by atoms with Crippen molar-refractivity contribution in [2.75, 3.05) is 0 Å². The lowest BCUT2D eigenvalue weighted by Gasteiger charge is -1.89. The van der Waals surface area contributed by atoms with Crippen LogP contribution < -0.4 is 0 Å². The van der Waals surface area contributed by atoms with Gasteiger partial charge in [-0.15, -0.1) is 23.2 Å². The van der Waals surface area contributed by atoms with Crippen LogP contribution in [0.1, 0.15) is 32.6 Å². The number of allylic oxidation sites excluding steroid dienone is 6. The lowest BCUT2D eigenvalue weighted by Crippen LogP contribution is -1.75. The van der Waals surface area contributed by atoms with Crippen molar-refractivity contribution in [1.29, 1.82) is 0 Å². The molecule has 0 aromatic rings. The van der Waals surface area contributed by atoms with Crippen molar-refractivity contribution in [3.05, 3.63) is 36.5 Å². The highest BCUT2D eigenvalue weighted by molar-refractivity contribution is 6.45. The Labute approximate surface area is 97.3 Å². The molecule has 0 atom stereocenters. The zero-order valence-corrected chi connectivity index (χ0v) is 10.1. The molecule has 0 bridgehead atoms. The molecule has 2 heteroatoms. The van der Waals surface area contributed by atoms with Crippen LogP contribution in [-0.2, 0) is 0 Å². The van der Waals surface area contributed by atoms with Gasteiger partial charge >= 0.3 is 0 Å². The van der Waals surface area contributed by atoms with Crippen molar-refractivity contribution >= 4 is 23.2 Å². The molecule has 0 saturated heterocycles. The lowest BCUT2D eigenvalue weighted by atomic mass is 10.2. The minimum Gasteiger partial charge on any atom is -0.101 e. The third-order valence-electron chi connectivity index (χ3n) is 1.68. The molecular weight excluding hydrogens is 215 g/mol. The second-order valence-corrected chi connectivity index (χ2v) is 4.12. The summed E-state index contributed by atoms with van der Waals surface area (Å²) in [5.74, 6) is 0. The summed E-state index contributed by atoms with van der Waals surface area (Å²) >= 11 is 11.1. The molecule has 0 radical (unpaired) electrons. The quantitative estimate of drug-likeness (QED) is 0.328. The van der Waals surface area contributed by atoms with Crippen LogP contribution in [0.2, 0.25) is 0 Å². The molecule has 0 rings (SSSR count). The van der Waals surface area contributed by atoms with E-state index >= 15 is 0 Å². The van der Waals surface area contributed by atoms with Gasteiger partial charge in [0.25, 0.3) is 0 Å². The van der Waals surface area contributed by atoms with Gasteiger partial charge in [-0.25, -0.2) is 0 Å². The number of hydrogen-bond acceptors (Lipinski definition) is 0. The van der Waals surface area contributed by atoms with E-state index in [1.165, 1.54) is 0 Å². The Hall–Kier alpha value is -0.200. The topological polar surface area (TPSA) is 0 Å². The molecule has 0 unspecified atom stereocenters. The monoisotopic (exact) mass is 232 g/mol. The van der Waals surface area contributed by atoms with E-state index in [0.717, 1.165) is 25.7 Å². The number of unbranched alkanes of at least 4 members (excludes halogenated alkanes) is 2. The van der Waals surface area contributed by atoms with Gasteiger partial charge in [0.05, 0.1) is 0 Å². The SMILES string of the molecule is CC=CCCC=CCCC=CC(Cl)Cl. The standard InChI is InChI=1S/C12H18Cl2/c1-2-3-4-5-6-7-8-9-10-11-12(13)14/h2-3,6-7,10-12H,4-5,8-9H2,1H3. The molecule has 0 aliphatic carbocycles. The predicted octanol–water partition coefficient (Wildman–Crippen LogP) is 5.04. The van der Waals surface area contributed by atoms with Crippen LogP contribution in [0.3, 0.4) is 0 Å². The van der Waals surface area contributed by atoms with Crippen molar-refractivity contribution in [3.8, 4) is 0 Å². The van der Waals surface area contributed by atoms with E-state index in [1.807, 2.05) is 13.0 Å². The molecule has 0 heterocycles. The molecule has 0 nitrogen and oxygen atoms in total. The highest BCUT2D eigenvalue weighted by atomic mass is 35.5. The van der Waals surface area contributed by atoms with Crippen molar-refractivity contribution < 1.29 is 0 Å². The van der Waals surface area contributed by atoms with E-state index in [-0.39, 0.29) is 4.84 Å². The van der Waals surface area contributed by atoms with E-state index in [0.29, 0.717) is 0 Å². The molecule has 0 fully saturated rings. The summed E-state index contributed by atoms with van der Waals surface area (Å²) in [6.07, 6.45) is 16.8. The van der Waals surface area contributed by atoms with Crippen LogP contribution in [-0.4, -0.2) is 4.84 Å². The fourth-order valence-electron chi connectivity index (χ4n) is 0.986. The lowest BCUT2D eigenvalue weighted by molar-refractivity contribution is 1.00. The van der Waals surface area contributed by atoms with Gasteiger partial charge in [0, 0.05) is 0 Å². The highest BCUT2D eigenvalue weighted by Crippen LogP contribution is 2.04. The number of hydrogen-bond donors (Lipinski definition) is 0. The maximum Gasteiger partial charge on any atom is 0.125 e. The zero-order chi connectivity index (χ0) is 10.6. The number of rotatable bonds is 7. The average molecular weight is 233 g/mol. The van der Waals surface area contributed by atoms with E-state index in [2.05, 4.69) is 24.3 Å². The third kappa shape index (κ3) is 11.8. The molecule has 0 aliphatic rings. The van der Waals surface area contributed by atoms with Gasteiger partial charge in [-0.3, -0.25) is 0 Å². The summed E-state index contributed by atoms with van der Waals surface area (Å²) in [6, 6.07) is 0. The van der Waals surface area contributed by atoms with Gasteiger partial charge in [0.1, 0.15) is 4.84 Å². The van der Waals surface area contributed by atoms with Crippen LogP contribution in [0, 0.1) is 0 Å². The normalized spacial score (nSPS) is 12.9. The van der Waals surface area contributed by atoms with Gasteiger partial charge in [-0.1, -0.05) is 36.5 Å². The maximum absolute atomic E-state index is 5.53. The van der Waals surface area contributed by atoms with E-state index in [9.17, 15) is 0 Å². The van der Waals surface area contributed by atoms with Gasteiger partial charge in [-0.05, 0) is 32.6 Å². The Morgan fingerprint density at radius 3 is 1.86 bits per heavy atom. The first-order chi connectivity index (χ1) is 6.77. The fourth-order valence-corrected chi connectivity index (χ4v) is 1.19. The van der Waals surface area contributed by atoms with Gasteiger partial charge in [-0.2, -0.15) is 0 Å². The molecule has 0 saturated carbocycles. The summed E-state index contributed by atoms with van der Waals surface area (Å²) in [4.78, 5) is -0.367. The molecule has 0 amide bonds. The molecule has 0 spiro atoms. The van der Waals surface area contributed by atoms with Crippen molar-refractivity contribution in [3.63, 3.8) is 0 Å². The smallest absolute Gasteiger partial charge is 0.101 e. The summed E-state index contributed by atoms with van der Waals surface area (Å²) in [7, 11) is 0. The molecule has 0 N–H and O–H groups in total. The summed E-state index contributed by atoms with van der Waals surface area (Å²) in [5.41, 5.74) is 0. The summed E-state index contributed by atoms with van der Waals surface area (Å²) in [5, 5.41) is 0. The molecule has 0 aromatic carbocycles. The Morgan fingerprint density at radius 1 is 0.857 bits per heavy atom. The van der Waals surface area contributed by atoms with E-state index in [4.69, 9.17) is 23.2 Å². The van der Waals surface area contributed by atoms with E-state index < -0.39 is 0 Å². The van der Waals surface area contributed by atoms with Crippen LogP contribution in [0.15, 0.2) is 36.5 Å². The Bertz CT molecular complexity index is 190. The molecular formula is C12H18Cl2. The van der Waals surface area contributed by atoms with Gasteiger partial charge < -0.3 is 0 Å². The summed E-state index contributed by atoms with van der Waals surface area (Å²) < 4.78 is 0. The van der Waals surface area contributed by atoms with Crippen LogP contribution in [0.4, 0.5) is 0 Å². The Morgan fingerprint density at radius 2 is 1.36 bits per heavy atom. The number of halogens is 2. The minimum atomic E-state index is -0.367. The van der Waals surface area contributed by atoms with Crippen LogP contribution in [0.5, 0.6) is 0 Å². The molecule has 0 aromatic heterocycles. The van der Waals surface area contributed by atoms with Gasteiger partial charge in [0.15, 0.2) is 0 Å². The average Bonchev–Trinajstić information content (AvgIpc) is 2.15. The zero-order valence-electron chi connectivity index (χ0n) is 8.63. The van der Waals surface area contributed by atoms with Crippen LogP contribution in [0.25, 0.3) is 0 Å². The van der Waals surface area contributed by atoms with Gasteiger partial charge in [0.2, 0.25) is 0 Å². The first-order valence-electron chi connectivity index (χ1n) is 4.98. The third-order valence-corrected chi connectivity index (χ3v) is 1.97.